The van der Waals surface area contributed by atoms with E-state index in [-0.39, 0.29) is 11.7 Å². The summed E-state index contributed by atoms with van der Waals surface area (Å²) in [6.07, 6.45) is 3.60. The molecule has 0 aromatic heterocycles. The average Bonchev–Trinajstić information content (AvgIpc) is 3.22. The highest BCUT2D eigenvalue weighted by molar-refractivity contribution is 9.10. The summed E-state index contributed by atoms with van der Waals surface area (Å²) < 4.78 is 11.4. The van der Waals surface area contributed by atoms with Crippen molar-refractivity contribution in [1.29, 1.82) is 0 Å². The molecule has 0 radical (unpaired) electrons. The highest BCUT2D eigenvalue weighted by atomic mass is 79.9. The number of carbonyl (C=O) groups is 2. The first-order chi connectivity index (χ1) is 18.3. The molecule has 3 aromatic rings. The summed E-state index contributed by atoms with van der Waals surface area (Å²) in [4.78, 5) is 31.5. The maximum Gasteiger partial charge on any atom is 0.341 e. The molecule has 38 heavy (non-hydrogen) atoms. The predicted octanol–water partition coefficient (Wildman–Crippen LogP) is 6.85. The molecule has 1 N–H and O–H groups in total. The minimum atomic E-state index is -1.09. The van der Waals surface area contributed by atoms with E-state index in [4.69, 9.17) is 19.6 Å². The molecule has 0 unspecified atom stereocenters. The molecule has 9 heteroatoms. The summed E-state index contributed by atoms with van der Waals surface area (Å²) in [5.41, 5.74) is 4.57. The number of hydrogen-bond donors (Lipinski definition) is 1. The van der Waals surface area contributed by atoms with E-state index in [0.29, 0.717) is 25.9 Å². The monoisotopic (exact) mass is 594 g/mol. The number of amides is 1. The lowest BCUT2D eigenvalue weighted by molar-refractivity contribution is -0.139. The molecule has 0 spiro atoms. The number of anilines is 1. The van der Waals surface area contributed by atoms with Gasteiger partial charge in [-0.3, -0.25) is 9.69 Å². The van der Waals surface area contributed by atoms with Crippen LogP contribution in [-0.2, 0) is 22.4 Å². The van der Waals surface area contributed by atoms with Crippen LogP contribution < -0.4 is 14.4 Å². The van der Waals surface area contributed by atoms with Gasteiger partial charge < -0.3 is 14.6 Å². The van der Waals surface area contributed by atoms with E-state index in [2.05, 4.69) is 29.8 Å². The van der Waals surface area contributed by atoms with Gasteiger partial charge in [0, 0.05) is 4.47 Å². The minimum absolute atomic E-state index is 0.194. The molecule has 1 aliphatic heterocycles. The van der Waals surface area contributed by atoms with Gasteiger partial charge in [0.05, 0.1) is 23.4 Å². The number of carboxylic acids is 1. The van der Waals surface area contributed by atoms with Crippen LogP contribution in [0.4, 0.5) is 11.4 Å². The number of halogens is 1. The molecule has 1 saturated heterocycles. The second-order valence-corrected chi connectivity index (χ2v) is 10.3. The van der Waals surface area contributed by atoms with E-state index in [1.165, 1.54) is 30.0 Å². The fourth-order valence-corrected chi connectivity index (χ4v) is 5.22. The molecule has 1 aliphatic rings. The van der Waals surface area contributed by atoms with Gasteiger partial charge >= 0.3 is 5.97 Å². The van der Waals surface area contributed by atoms with E-state index in [9.17, 15) is 9.59 Å². The van der Waals surface area contributed by atoms with E-state index >= 15 is 0 Å². The minimum Gasteiger partial charge on any atom is -0.493 e. The van der Waals surface area contributed by atoms with Crippen LogP contribution in [0, 0.1) is 0 Å². The van der Waals surface area contributed by atoms with Gasteiger partial charge in [0.15, 0.2) is 23.3 Å². The number of amidine groups is 1. The molecule has 0 saturated carbocycles. The molecule has 3 aromatic carbocycles. The Balaban J connectivity index is 1.74. The van der Waals surface area contributed by atoms with Gasteiger partial charge in [-0.1, -0.05) is 54.0 Å². The Morgan fingerprint density at radius 2 is 1.66 bits per heavy atom. The summed E-state index contributed by atoms with van der Waals surface area (Å²) in [6, 6.07) is 19.2. The van der Waals surface area contributed by atoms with Crippen molar-refractivity contribution in [2.24, 2.45) is 4.99 Å². The van der Waals surface area contributed by atoms with Gasteiger partial charge in [-0.05, 0) is 83.8 Å². The largest absolute Gasteiger partial charge is 0.493 e. The number of aliphatic imine (C=N–C) groups is 1. The van der Waals surface area contributed by atoms with Gasteiger partial charge in [0.2, 0.25) is 0 Å². The number of hydrogen-bond acceptors (Lipinski definition) is 6. The van der Waals surface area contributed by atoms with Crippen molar-refractivity contribution in [2.45, 2.75) is 26.7 Å². The molecule has 7 nitrogen and oxygen atoms in total. The van der Waals surface area contributed by atoms with Crippen molar-refractivity contribution in [3.05, 3.63) is 86.7 Å². The zero-order valence-corrected chi connectivity index (χ0v) is 23.6. The molecule has 0 aliphatic carbocycles. The van der Waals surface area contributed by atoms with Crippen molar-refractivity contribution in [3.63, 3.8) is 0 Å². The lowest BCUT2D eigenvalue weighted by atomic mass is 10.1. The Morgan fingerprint density at radius 1 is 1.03 bits per heavy atom. The molecule has 0 bridgehead atoms. The molecule has 1 heterocycles. The van der Waals surface area contributed by atoms with Crippen LogP contribution in [0.15, 0.2) is 75.0 Å². The summed E-state index contributed by atoms with van der Waals surface area (Å²) in [6.45, 7) is 3.69. The molecule has 1 amide bonds. The summed E-state index contributed by atoms with van der Waals surface area (Å²) in [5, 5.41) is 9.50. The zero-order valence-electron chi connectivity index (χ0n) is 21.2. The third-order valence-corrected chi connectivity index (χ3v) is 7.55. The predicted molar refractivity (Wildman–Crippen MR) is 156 cm³/mol. The number of thioether (sulfide) groups is 1. The van der Waals surface area contributed by atoms with E-state index in [0.717, 1.165) is 24.2 Å². The zero-order chi connectivity index (χ0) is 27.2. The highest BCUT2D eigenvalue weighted by Gasteiger charge is 2.35. The average molecular weight is 596 g/mol. The SMILES string of the molecule is CCc1ccc(N=C2S/C(=C\c3cc(OC)c(OCC(=O)O)cc3Br)C(=O)N2c2ccc(CC)cc2)cc1. The number of benzene rings is 3. The number of ether oxygens (including phenoxy) is 2. The summed E-state index contributed by atoms with van der Waals surface area (Å²) in [5.74, 6) is -0.649. The number of methoxy groups -OCH3 is 1. The van der Waals surface area contributed by atoms with Gasteiger partial charge in [-0.2, -0.15) is 0 Å². The quantitative estimate of drug-likeness (QED) is 0.272. The van der Waals surface area contributed by atoms with Crippen LogP contribution in [0.1, 0.15) is 30.5 Å². The Morgan fingerprint density at radius 3 is 2.24 bits per heavy atom. The van der Waals surface area contributed by atoms with E-state index in [1.54, 1.807) is 23.1 Å². The van der Waals surface area contributed by atoms with E-state index in [1.807, 2.05) is 48.5 Å². The molecule has 0 atom stereocenters. The molecule has 196 valence electrons. The fraction of sp³-hybridized carbons (Fsp3) is 0.207. The molecule has 1 fully saturated rings. The normalized spacial score (nSPS) is 15.4. The highest BCUT2D eigenvalue weighted by Crippen LogP contribution is 2.40. The fourth-order valence-electron chi connectivity index (χ4n) is 3.79. The van der Waals surface area contributed by atoms with E-state index < -0.39 is 12.6 Å². The van der Waals surface area contributed by atoms with Crippen molar-refractivity contribution in [1.82, 2.24) is 0 Å². The van der Waals surface area contributed by atoms with Crippen LogP contribution in [0.3, 0.4) is 0 Å². The van der Waals surface area contributed by atoms with Crippen molar-refractivity contribution < 1.29 is 24.2 Å². The Kier molecular flexibility index (Phi) is 8.91. The molecular formula is C29H27BrN2O5S. The second kappa shape index (κ2) is 12.3. The third kappa shape index (κ3) is 6.28. The van der Waals surface area contributed by atoms with Crippen LogP contribution in [0.2, 0.25) is 0 Å². The lowest BCUT2D eigenvalue weighted by Crippen LogP contribution is -2.28. The van der Waals surface area contributed by atoms with Crippen LogP contribution >= 0.6 is 27.7 Å². The number of aryl methyl sites for hydroxylation is 2. The second-order valence-electron chi connectivity index (χ2n) is 8.39. The number of aliphatic carboxylic acids is 1. The van der Waals surface area contributed by atoms with Gasteiger partial charge in [-0.15, -0.1) is 0 Å². The van der Waals surface area contributed by atoms with Crippen LogP contribution in [0.25, 0.3) is 6.08 Å². The maximum atomic E-state index is 13.7. The number of carboxylic acid groups (broad SMARTS) is 1. The smallest absolute Gasteiger partial charge is 0.341 e. The number of nitrogens with zero attached hydrogens (tertiary/aromatic N) is 2. The summed E-state index contributed by atoms with van der Waals surface area (Å²) >= 11 is 4.80. The third-order valence-electron chi connectivity index (χ3n) is 5.90. The molecule has 4 rings (SSSR count). The van der Waals surface area contributed by atoms with Crippen molar-refractivity contribution in [2.75, 3.05) is 18.6 Å². The number of rotatable bonds is 9. The summed E-state index contributed by atoms with van der Waals surface area (Å²) in [7, 11) is 1.47. The molecular weight excluding hydrogens is 568 g/mol. The van der Waals surface area contributed by atoms with Gasteiger partial charge in [-0.25, -0.2) is 9.79 Å². The van der Waals surface area contributed by atoms with Gasteiger partial charge in [0.25, 0.3) is 5.91 Å². The first kappa shape index (κ1) is 27.5. The van der Waals surface area contributed by atoms with Crippen molar-refractivity contribution >= 4 is 62.2 Å². The van der Waals surface area contributed by atoms with Gasteiger partial charge in [0.1, 0.15) is 0 Å². The number of carbonyl (C=O) groups excluding carboxylic acids is 1. The van der Waals surface area contributed by atoms with Crippen LogP contribution in [-0.4, -0.2) is 35.9 Å². The first-order valence-corrected chi connectivity index (χ1v) is 13.7. The van der Waals surface area contributed by atoms with Crippen LogP contribution in [0.5, 0.6) is 11.5 Å². The topological polar surface area (TPSA) is 88.4 Å². The Hall–Kier alpha value is -3.56. The Bertz CT molecular complexity index is 1400. The van der Waals surface area contributed by atoms with Crippen molar-refractivity contribution in [3.8, 4) is 11.5 Å². The first-order valence-electron chi connectivity index (χ1n) is 12.1. The Labute approximate surface area is 234 Å². The standard InChI is InChI=1S/C29H27BrN2O5S/c1-4-18-6-10-21(11-7-18)31-29-32(22-12-8-19(5-2)9-13-22)28(35)26(38-29)15-20-14-24(36-3)25(16-23(20)30)37-17-27(33)34/h6-16H,4-5,17H2,1-3H3,(H,33,34)/b26-15-,31-29?. The maximum absolute atomic E-state index is 13.7. The lowest BCUT2D eigenvalue weighted by Gasteiger charge is -2.16.